The van der Waals surface area contributed by atoms with Gasteiger partial charge in [-0.3, -0.25) is 4.79 Å². The minimum absolute atomic E-state index is 0.0690. The fourth-order valence-electron chi connectivity index (χ4n) is 2.90. The molecule has 0 bridgehead atoms. The Morgan fingerprint density at radius 3 is 2.80 bits per heavy atom. The van der Waals surface area contributed by atoms with Crippen molar-refractivity contribution in [3.05, 3.63) is 23.4 Å². The molecule has 1 heterocycles. The highest BCUT2D eigenvalue weighted by atomic mass is 35.5. The predicted octanol–water partition coefficient (Wildman–Crippen LogP) is 4.67. The van der Waals surface area contributed by atoms with E-state index in [1.165, 1.54) is 32.1 Å². The number of amides is 1. The highest BCUT2D eigenvalue weighted by Crippen LogP contribution is 2.32. The lowest BCUT2D eigenvalue weighted by Gasteiger charge is -2.27. The molecular weight excluding hydrogens is 272 g/mol. The van der Waals surface area contributed by atoms with Crippen LogP contribution in [0.4, 0.5) is 5.82 Å². The van der Waals surface area contributed by atoms with Crippen molar-refractivity contribution in [1.82, 2.24) is 4.98 Å². The number of unbranched alkanes of at least 4 members (excludes halogenated alkanes) is 1. The first-order chi connectivity index (χ1) is 9.70. The third kappa shape index (κ3) is 4.20. The highest BCUT2D eigenvalue weighted by Gasteiger charge is 2.26. The van der Waals surface area contributed by atoms with Crippen molar-refractivity contribution in [3.8, 4) is 0 Å². The largest absolute Gasteiger partial charge is 0.309 e. The van der Waals surface area contributed by atoms with Crippen LogP contribution in [0.15, 0.2) is 18.3 Å². The molecule has 0 aliphatic heterocycles. The molecule has 20 heavy (non-hydrogen) atoms. The summed E-state index contributed by atoms with van der Waals surface area (Å²) in [6, 6.07) is 3.50. The molecule has 110 valence electrons. The van der Waals surface area contributed by atoms with E-state index in [2.05, 4.69) is 17.2 Å². The molecule has 1 aromatic heterocycles. The summed E-state index contributed by atoms with van der Waals surface area (Å²) in [5.41, 5.74) is 0. The number of rotatable bonds is 5. The molecule has 0 saturated heterocycles. The number of aromatic nitrogens is 1. The van der Waals surface area contributed by atoms with Crippen molar-refractivity contribution < 1.29 is 4.79 Å². The second-order valence-corrected chi connectivity index (χ2v) is 6.09. The number of carbonyl (C=O) groups excluding carboxylic acids is 1. The lowest BCUT2D eigenvalue weighted by molar-refractivity contribution is -0.121. The summed E-state index contributed by atoms with van der Waals surface area (Å²) in [6.07, 6.45) is 9.86. The average Bonchev–Trinajstić information content (AvgIpc) is 2.48. The van der Waals surface area contributed by atoms with Gasteiger partial charge in [0.2, 0.25) is 5.91 Å². The second kappa shape index (κ2) is 7.63. The number of carbonyl (C=O) groups is 1. The van der Waals surface area contributed by atoms with Gasteiger partial charge in [0, 0.05) is 12.1 Å². The van der Waals surface area contributed by atoms with Gasteiger partial charge in [-0.05, 0) is 43.7 Å². The summed E-state index contributed by atoms with van der Waals surface area (Å²) in [7, 11) is 0. The lowest BCUT2D eigenvalue weighted by atomic mass is 9.79. The van der Waals surface area contributed by atoms with E-state index in [0.717, 1.165) is 18.8 Å². The van der Waals surface area contributed by atoms with Crippen LogP contribution in [0, 0.1) is 11.8 Å². The number of nitrogens with one attached hydrogen (secondary N) is 1. The fourth-order valence-corrected chi connectivity index (χ4v) is 3.07. The zero-order valence-corrected chi connectivity index (χ0v) is 12.8. The number of pyridine rings is 1. The maximum Gasteiger partial charge on any atom is 0.228 e. The number of hydrogen-bond acceptors (Lipinski definition) is 2. The smallest absolute Gasteiger partial charge is 0.228 e. The highest BCUT2D eigenvalue weighted by molar-refractivity contribution is 6.33. The standard InChI is InChI=1S/C16H23ClN2O/c1-2-3-5-12-7-9-13(10-8-12)16(20)19-15-14(17)6-4-11-18-15/h4,6,11-13H,2-3,5,7-10H2,1H3,(H,18,19,20). The summed E-state index contributed by atoms with van der Waals surface area (Å²) < 4.78 is 0. The summed E-state index contributed by atoms with van der Waals surface area (Å²) >= 11 is 6.01. The minimum Gasteiger partial charge on any atom is -0.309 e. The Kier molecular flexibility index (Phi) is 5.84. The van der Waals surface area contributed by atoms with Crippen LogP contribution in [0.25, 0.3) is 0 Å². The van der Waals surface area contributed by atoms with E-state index in [4.69, 9.17) is 11.6 Å². The van der Waals surface area contributed by atoms with Crippen LogP contribution >= 0.6 is 11.6 Å². The van der Waals surface area contributed by atoms with Crippen LogP contribution in [0.3, 0.4) is 0 Å². The predicted molar refractivity (Wildman–Crippen MR) is 82.8 cm³/mol. The zero-order chi connectivity index (χ0) is 14.4. The van der Waals surface area contributed by atoms with E-state index < -0.39 is 0 Å². The second-order valence-electron chi connectivity index (χ2n) is 5.68. The number of nitrogens with zero attached hydrogens (tertiary/aromatic N) is 1. The number of anilines is 1. The van der Waals surface area contributed by atoms with Gasteiger partial charge in [0.25, 0.3) is 0 Å². The van der Waals surface area contributed by atoms with E-state index >= 15 is 0 Å². The van der Waals surface area contributed by atoms with Crippen LogP contribution in [-0.2, 0) is 4.79 Å². The molecule has 4 heteroatoms. The van der Waals surface area contributed by atoms with E-state index in [1.54, 1.807) is 18.3 Å². The van der Waals surface area contributed by atoms with Gasteiger partial charge in [-0.15, -0.1) is 0 Å². The van der Waals surface area contributed by atoms with Crippen molar-refractivity contribution in [3.63, 3.8) is 0 Å². The van der Waals surface area contributed by atoms with Crippen LogP contribution in [0.5, 0.6) is 0 Å². The number of halogens is 1. The fraction of sp³-hybridized carbons (Fsp3) is 0.625. The maximum absolute atomic E-state index is 12.2. The SMILES string of the molecule is CCCCC1CCC(C(=O)Nc2ncccc2Cl)CC1. The Hall–Kier alpha value is -1.09. The Morgan fingerprint density at radius 1 is 1.40 bits per heavy atom. The molecule has 0 radical (unpaired) electrons. The molecule has 1 amide bonds. The third-order valence-corrected chi connectivity index (χ3v) is 4.49. The van der Waals surface area contributed by atoms with Crippen molar-refractivity contribution in [2.24, 2.45) is 11.8 Å². The molecule has 1 fully saturated rings. The van der Waals surface area contributed by atoms with Gasteiger partial charge < -0.3 is 5.32 Å². The van der Waals surface area contributed by atoms with Gasteiger partial charge in [0.05, 0.1) is 5.02 Å². The molecule has 1 saturated carbocycles. The molecule has 0 unspecified atom stereocenters. The summed E-state index contributed by atoms with van der Waals surface area (Å²) in [4.78, 5) is 16.3. The van der Waals surface area contributed by atoms with Crippen molar-refractivity contribution in [2.75, 3.05) is 5.32 Å². The van der Waals surface area contributed by atoms with E-state index in [-0.39, 0.29) is 11.8 Å². The van der Waals surface area contributed by atoms with Crippen LogP contribution in [0.2, 0.25) is 5.02 Å². The van der Waals surface area contributed by atoms with Crippen molar-refractivity contribution in [1.29, 1.82) is 0 Å². The maximum atomic E-state index is 12.2. The van der Waals surface area contributed by atoms with Crippen LogP contribution in [0.1, 0.15) is 51.9 Å². The van der Waals surface area contributed by atoms with Gasteiger partial charge >= 0.3 is 0 Å². The van der Waals surface area contributed by atoms with E-state index in [9.17, 15) is 4.79 Å². The van der Waals surface area contributed by atoms with Gasteiger partial charge in [-0.2, -0.15) is 0 Å². The van der Waals surface area contributed by atoms with Crippen LogP contribution in [-0.4, -0.2) is 10.9 Å². The molecule has 1 aliphatic rings. The lowest BCUT2D eigenvalue weighted by Crippen LogP contribution is -2.27. The summed E-state index contributed by atoms with van der Waals surface area (Å²) in [6.45, 7) is 2.23. The van der Waals surface area contributed by atoms with E-state index in [0.29, 0.717) is 10.8 Å². The number of hydrogen-bond donors (Lipinski definition) is 1. The van der Waals surface area contributed by atoms with Gasteiger partial charge in [0.1, 0.15) is 0 Å². The Morgan fingerprint density at radius 2 is 2.15 bits per heavy atom. The Bertz CT molecular complexity index is 442. The van der Waals surface area contributed by atoms with Crippen LogP contribution < -0.4 is 5.32 Å². The molecule has 1 aliphatic carbocycles. The molecule has 3 nitrogen and oxygen atoms in total. The monoisotopic (exact) mass is 294 g/mol. The summed E-state index contributed by atoms with van der Waals surface area (Å²) in [5.74, 6) is 1.48. The Balaban J connectivity index is 1.82. The Labute approximate surface area is 126 Å². The summed E-state index contributed by atoms with van der Waals surface area (Å²) in [5, 5.41) is 3.35. The van der Waals surface area contributed by atoms with Gasteiger partial charge in [-0.1, -0.05) is 37.8 Å². The topological polar surface area (TPSA) is 42.0 Å². The first-order valence-corrected chi connectivity index (χ1v) is 8.00. The van der Waals surface area contributed by atoms with Gasteiger partial charge in [0.15, 0.2) is 5.82 Å². The van der Waals surface area contributed by atoms with Crippen molar-refractivity contribution >= 4 is 23.3 Å². The first-order valence-electron chi connectivity index (χ1n) is 7.62. The normalized spacial score (nSPS) is 22.5. The first kappa shape index (κ1) is 15.3. The minimum atomic E-state index is 0.0690. The van der Waals surface area contributed by atoms with Crippen molar-refractivity contribution in [2.45, 2.75) is 51.9 Å². The zero-order valence-electron chi connectivity index (χ0n) is 12.1. The molecule has 0 aromatic carbocycles. The average molecular weight is 295 g/mol. The molecule has 2 rings (SSSR count). The molecule has 1 aromatic rings. The third-order valence-electron chi connectivity index (χ3n) is 4.18. The quantitative estimate of drug-likeness (QED) is 0.857. The molecule has 0 spiro atoms. The molecule has 1 N–H and O–H groups in total. The van der Waals surface area contributed by atoms with E-state index in [1.807, 2.05) is 0 Å². The van der Waals surface area contributed by atoms with Gasteiger partial charge in [-0.25, -0.2) is 4.98 Å². The molecular formula is C16H23ClN2O. The molecule has 0 atom stereocenters.